The van der Waals surface area contributed by atoms with Crippen LogP contribution < -0.4 is 10.1 Å². The van der Waals surface area contributed by atoms with Crippen molar-refractivity contribution in [3.63, 3.8) is 0 Å². The van der Waals surface area contributed by atoms with Gasteiger partial charge in [0, 0.05) is 12.1 Å². The zero-order valence-corrected chi connectivity index (χ0v) is 13.4. The van der Waals surface area contributed by atoms with Gasteiger partial charge in [0.2, 0.25) is 5.82 Å². The highest BCUT2D eigenvalue weighted by Crippen LogP contribution is 2.36. The molecule has 0 amide bonds. The predicted molar refractivity (Wildman–Crippen MR) is 81.2 cm³/mol. The van der Waals surface area contributed by atoms with E-state index >= 15 is 0 Å². The van der Waals surface area contributed by atoms with E-state index in [2.05, 4.69) is 15.3 Å². The first-order valence-corrected chi connectivity index (χ1v) is 7.40. The molecule has 0 aromatic carbocycles. The fraction of sp³-hybridized carbons (Fsp3) is 0.714. The molecule has 1 saturated heterocycles. The van der Waals surface area contributed by atoms with E-state index < -0.39 is 4.92 Å². The van der Waals surface area contributed by atoms with Gasteiger partial charge in [-0.05, 0) is 40.5 Å². The lowest BCUT2D eigenvalue weighted by molar-refractivity contribution is -0.385. The molecule has 0 aliphatic carbocycles. The largest absolute Gasteiger partial charge is 0.473 e. The van der Waals surface area contributed by atoms with Crippen LogP contribution in [0.4, 0.5) is 11.5 Å². The van der Waals surface area contributed by atoms with Gasteiger partial charge in [0.1, 0.15) is 6.10 Å². The van der Waals surface area contributed by atoms with Crippen molar-refractivity contribution in [2.75, 3.05) is 18.5 Å². The highest BCUT2D eigenvalue weighted by atomic mass is 16.6. The maximum atomic E-state index is 11.4. The van der Waals surface area contributed by atoms with Gasteiger partial charge in [0.05, 0.1) is 11.5 Å². The highest BCUT2D eigenvalue weighted by Gasteiger charge is 2.31. The lowest BCUT2D eigenvalue weighted by Crippen LogP contribution is -2.28. The molecule has 0 spiro atoms. The van der Waals surface area contributed by atoms with Crippen molar-refractivity contribution in [1.29, 1.82) is 0 Å². The van der Waals surface area contributed by atoms with E-state index in [9.17, 15) is 10.1 Å². The summed E-state index contributed by atoms with van der Waals surface area (Å²) in [5, 5.41) is 14.5. The molecule has 0 bridgehead atoms. The van der Waals surface area contributed by atoms with Crippen molar-refractivity contribution >= 4 is 11.5 Å². The van der Waals surface area contributed by atoms with Crippen LogP contribution in [0.3, 0.4) is 0 Å². The number of aromatic nitrogens is 2. The minimum Gasteiger partial charge on any atom is -0.473 e. The highest BCUT2D eigenvalue weighted by molar-refractivity contribution is 5.62. The SMILES string of the molecule is CCOc1nc(C2CCCO2)nc(NC(C)(C)C)c1[N+](=O)[O-]. The topological polar surface area (TPSA) is 99.4 Å². The van der Waals surface area contributed by atoms with Crippen LogP contribution >= 0.6 is 0 Å². The minimum atomic E-state index is -0.516. The Balaban J connectivity index is 2.52. The number of ether oxygens (including phenoxy) is 2. The predicted octanol–water partition coefficient (Wildman–Crippen LogP) is 2.85. The van der Waals surface area contributed by atoms with E-state index in [1.165, 1.54) is 0 Å². The van der Waals surface area contributed by atoms with Crippen LogP contribution in [0, 0.1) is 10.1 Å². The van der Waals surface area contributed by atoms with Gasteiger partial charge >= 0.3 is 5.69 Å². The van der Waals surface area contributed by atoms with Crippen molar-refractivity contribution in [2.24, 2.45) is 0 Å². The van der Waals surface area contributed by atoms with Gasteiger partial charge in [-0.2, -0.15) is 4.98 Å². The summed E-state index contributed by atoms with van der Waals surface area (Å²) in [5.74, 6) is 0.583. The molecule has 8 heteroatoms. The van der Waals surface area contributed by atoms with Crippen molar-refractivity contribution in [3.05, 3.63) is 15.9 Å². The molecule has 1 aliphatic rings. The first-order valence-electron chi connectivity index (χ1n) is 7.40. The van der Waals surface area contributed by atoms with Gasteiger partial charge in [-0.1, -0.05) is 0 Å². The minimum absolute atomic E-state index is 0.0141. The quantitative estimate of drug-likeness (QED) is 0.659. The second kappa shape index (κ2) is 6.43. The molecule has 0 saturated carbocycles. The smallest absolute Gasteiger partial charge is 0.372 e. The van der Waals surface area contributed by atoms with E-state index in [0.29, 0.717) is 12.4 Å². The van der Waals surface area contributed by atoms with E-state index in [4.69, 9.17) is 9.47 Å². The van der Waals surface area contributed by atoms with Crippen LogP contribution in [0.5, 0.6) is 5.88 Å². The molecule has 1 aromatic rings. The van der Waals surface area contributed by atoms with Crippen molar-refractivity contribution in [1.82, 2.24) is 9.97 Å². The molecule has 2 heterocycles. The molecule has 122 valence electrons. The summed E-state index contributed by atoms with van der Waals surface area (Å²) in [5.41, 5.74) is -0.616. The summed E-state index contributed by atoms with van der Waals surface area (Å²) in [6.07, 6.45) is 1.50. The number of anilines is 1. The van der Waals surface area contributed by atoms with Crippen LogP contribution in [-0.4, -0.2) is 33.6 Å². The van der Waals surface area contributed by atoms with Gasteiger partial charge < -0.3 is 14.8 Å². The third-order valence-electron chi connectivity index (χ3n) is 3.04. The van der Waals surface area contributed by atoms with E-state index in [1.54, 1.807) is 6.92 Å². The molecular weight excluding hydrogens is 288 g/mol. The summed E-state index contributed by atoms with van der Waals surface area (Å²) in [6, 6.07) is 0. The zero-order valence-electron chi connectivity index (χ0n) is 13.4. The molecule has 1 aromatic heterocycles. The molecule has 1 unspecified atom stereocenters. The second-order valence-electron chi connectivity index (χ2n) is 6.15. The lowest BCUT2D eigenvalue weighted by Gasteiger charge is -2.22. The molecule has 1 atom stereocenters. The Labute approximate surface area is 129 Å². The summed E-state index contributed by atoms with van der Waals surface area (Å²) in [4.78, 5) is 19.4. The molecule has 2 rings (SSSR count). The number of nitro groups is 1. The molecule has 8 nitrogen and oxygen atoms in total. The number of hydrogen-bond acceptors (Lipinski definition) is 7. The number of rotatable bonds is 5. The van der Waals surface area contributed by atoms with Gasteiger partial charge in [-0.3, -0.25) is 10.1 Å². The summed E-state index contributed by atoms with van der Waals surface area (Å²) >= 11 is 0. The van der Waals surface area contributed by atoms with Gasteiger partial charge in [0.15, 0.2) is 5.82 Å². The Morgan fingerprint density at radius 3 is 2.68 bits per heavy atom. The lowest BCUT2D eigenvalue weighted by atomic mass is 10.1. The molecule has 0 radical (unpaired) electrons. The summed E-state index contributed by atoms with van der Waals surface area (Å²) < 4.78 is 10.9. The van der Waals surface area contributed by atoms with Crippen LogP contribution in [0.15, 0.2) is 0 Å². The third-order valence-corrected chi connectivity index (χ3v) is 3.04. The normalized spacial score (nSPS) is 18.3. The average Bonchev–Trinajstić information content (AvgIpc) is 2.89. The first-order chi connectivity index (χ1) is 10.3. The fourth-order valence-electron chi connectivity index (χ4n) is 2.22. The monoisotopic (exact) mass is 310 g/mol. The van der Waals surface area contributed by atoms with Crippen LogP contribution in [0.2, 0.25) is 0 Å². The zero-order chi connectivity index (χ0) is 16.3. The van der Waals surface area contributed by atoms with Crippen molar-refractivity contribution in [3.8, 4) is 5.88 Å². The van der Waals surface area contributed by atoms with Crippen LogP contribution in [-0.2, 0) is 4.74 Å². The molecule has 1 fully saturated rings. The number of nitrogens with one attached hydrogen (secondary N) is 1. The molecule has 1 aliphatic heterocycles. The Hall–Kier alpha value is -1.96. The van der Waals surface area contributed by atoms with Crippen LogP contribution in [0.25, 0.3) is 0 Å². The van der Waals surface area contributed by atoms with Gasteiger partial charge in [-0.15, -0.1) is 0 Å². The Bertz CT molecular complexity index is 551. The van der Waals surface area contributed by atoms with E-state index in [-0.39, 0.29) is 35.6 Å². The van der Waals surface area contributed by atoms with Crippen molar-refractivity contribution in [2.45, 2.75) is 52.2 Å². The molecule has 1 N–H and O–H groups in total. The average molecular weight is 310 g/mol. The van der Waals surface area contributed by atoms with Gasteiger partial charge in [0.25, 0.3) is 5.88 Å². The molecule has 22 heavy (non-hydrogen) atoms. The third kappa shape index (κ3) is 3.82. The van der Waals surface area contributed by atoms with Crippen molar-refractivity contribution < 1.29 is 14.4 Å². The summed E-state index contributed by atoms with van der Waals surface area (Å²) in [7, 11) is 0. The van der Waals surface area contributed by atoms with E-state index in [1.807, 2.05) is 20.8 Å². The van der Waals surface area contributed by atoms with Gasteiger partial charge in [-0.25, -0.2) is 4.98 Å². The Kier molecular flexibility index (Phi) is 4.80. The van der Waals surface area contributed by atoms with E-state index in [0.717, 1.165) is 12.8 Å². The fourth-order valence-corrected chi connectivity index (χ4v) is 2.22. The Morgan fingerprint density at radius 2 is 2.18 bits per heavy atom. The second-order valence-corrected chi connectivity index (χ2v) is 6.15. The number of nitrogens with zero attached hydrogens (tertiary/aromatic N) is 3. The number of hydrogen-bond donors (Lipinski definition) is 1. The van der Waals surface area contributed by atoms with Crippen LogP contribution in [0.1, 0.15) is 52.5 Å². The Morgan fingerprint density at radius 1 is 1.45 bits per heavy atom. The summed E-state index contributed by atoms with van der Waals surface area (Å²) in [6.45, 7) is 8.42. The maximum Gasteiger partial charge on any atom is 0.372 e. The standard InChI is InChI=1S/C14H22N4O4/c1-5-21-13-10(18(19)20)12(17-14(2,3)4)15-11(16-13)9-7-6-8-22-9/h9H,5-8H2,1-4H3,(H,15,16,17). The maximum absolute atomic E-state index is 11.4. The molecular formula is C14H22N4O4. The first kappa shape index (κ1) is 16.4.